The van der Waals surface area contributed by atoms with Gasteiger partial charge in [0.05, 0.1) is 19.3 Å². The van der Waals surface area contributed by atoms with Crippen molar-refractivity contribution in [1.29, 1.82) is 0 Å². The van der Waals surface area contributed by atoms with Crippen LogP contribution in [0.15, 0.2) is 48.5 Å². The monoisotopic (exact) mass is 470 g/mol. The Hall–Kier alpha value is -3.55. The molecule has 0 unspecified atom stereocenters. The van der Waals surface area contributed by atoms with Gasteiger partial charge in [-0.3, -0.25) is 4.79 Å². The quantitative estimate of drug-likeness (QED) is 0.385. The number of ether oxygens (including phenoxy) is 3. The van der Waals surface area contributed by atoms with Crippen molar-refractivity contribution in [3.8, 4) is 5.75 Å². The van der Waals surface area contributed by atoms with Crippen LogP contribution in [0.1, 0.15) is 56.5 Å². The molecule has 0 radical (unpaired) electrons. The molecule has 0 aliphatic rings. The molecule has 0 saturated heterocycles. The number of benzene rings is 2. The summed E-state index contributed by atoms with van der Waals surface area (Å²) in [5.41, 5.74) is 0.832. The number of anilines is 1. The van der Waals surface area contributed by atoms with Gasteiger partial charge < -0.3 is 24.8 Å². The zero-order valence-corrected chi connectivity index (χ0v) is 20.5. The molecule has 2 aromatic rings. The van der Waals surface area contributed by atoms with E-state index in [4.69, 9.17) is 14.2 Å². The molecule has 0 aromatic heterocycles. The lowest BCUT2D eigenvalue weighted by atomic mass is 10.0. The molecule has 0 aliphatic heterocycles. The predicted octanol–water partition coefficient (Wildman–Crippen LogP) is 4.73. The molecule has 0 bridgehead atoms. The highest BCUT2D eigenvalue weighted by atomic mass is 16.6. The van der Waals surface area contributed by atoms with Crippen LogP contribution < -0.4 is 15.4 Å². The molecule has 8 heteroatoms. The van der Waals surface area contributed by atoms with Gasteiger partial charge in [0.1, 0.15) is 17.4 Å². The number of amides is 2. The van der Waals surface area contributed by atoms with Gasteiger partial charge >= 0.3 is 12.1 Å². The third-order valence-corrected chi connectivity index (χ3v) is 4.69. The summed E-state index contributed by atoms with van der Waals surface area (Å²) in [5, 5.41) is 5.40. The van der Waals surface area contributed by atoms with E-state index >= 15 is 0 Å². The topological polar surface area (TPSA) is 103 Å². The van der Waals surface area contributed by atoms with E-state index in [2.05, 4.69) is 17.6 Å². The maximum Gasteiger partial charge on any atom is 0.408 e. The molecule has 0 spiro atoms. The van der Waals surface area contributed by atoms with Crippen molar-refractivity contribution < 1.29 is 28.6 Å². The number of methoxy groups -OCH3 is 1. The summed E-state index contributed by atoms with van der Waals surface area (Å²) in [7, 11) is 1.29. The van der Waals surface area contributed by atoms with Crippen LogP contribution in [0.4, 0.5) is 10.5 Å². The molecule has 2 N–H and O–H groups in total. The molecule has 34 heavy (non-hydrogen) atoms. The number of esters is 1. The average molecular weight is 471 g/mol. The van der Waals surface area contributed by atoms with Crippen LogP contribution >= 0.6 is 0 Å². The minimum atomic E-state index is -0.913. The second-order valence-electron chi connectivity index (χ2n) is 8.81. The smallest absolute Gasteiger partial charge is 0.408 e. The molecule has 0 heterocycles. The zero-order chi connectivity index (χ0) is 25.1. The molecule has 8 nitrogen and oxygen atoms in total. The first-order chi connectivity index (χ1) is 16.1. The fourth-order valence-corrected chi connectivity index (χ4v) is 3.02. The van der Waals surface area contributed by atoms with Crippen molar-refractivity contribution in [1.82, 2.24) is 5.32 Å². The van der Waals surface area contributed by atoms with Crippen molar-refractivity contribution >= 4 is 23.7 Å². The fourth-order valence-electron chi connectivity index (χ4n) is 3.02. The summed E-state index contributed by atoms with van der Waals surface area (Å²) in [6.07, 6.45) is 1.56. The Kier molecular flexibility index (Phi) is 9.92. The third kappa shape index (κ3) is 9.13. The highest BCUT2D eigenvalue weighted by Gasteiger charge is 2.25. The molecular weight excluding hydrogens is 436 g/mol. The van der Waals surface area contributed by atoms with E-state index in [9.17, 15) is 14.4 Å². The van der Waals surface area contributed by atoms with Crippen LogP contribution in [0.5, 0.6) is 5.75 Å². The highest BCUT2D eigenvalue weighted by molar-refractivity contribution is 5.98. The van der Waals surface area contributed by atoms with Crippen molar-refractivity contribution in [2.75, 3.05) is 19.0 Å². The van der Waals surface area contributed by atoms with E-state index in [1.165, 1.54) is 13.2 Å². The number of alkyl carbamates (subject to hydrolysis) is 1. The minimum Gasteiger partial charge on any atom is -0.494 e. The molecule has 0 aliphatic carbocycles. The molecule has 0 fully saturated rings. The van der Waals surface area contributed by atoms with E-state index in [1.54, 1.807) is 39.0 Å². The van der Waals surface area contributed by atoms with Crippen molar-refractivity contribution in [2.24, 2.45) is 0 Å². The molecule has 2 amide bonds. The van der Waals surface area contributed by atoms with Crippen molar-refractivity contribution in [2.45, 2.75) is 58.6 Å². The first kappa shape index (κ1) is 26.7. The fraction of sp³-hybridized carbons (Fsp3) is 0.423. The van der Waals surface area contributed by atoms with Crippen LogP contribution in [0, 0.1) is 0 Å². The van der Waals surface area contributed by atoms with Gasteiger partial charge in [0.2, 0.25) is 5.91 Å². The number of unbranched alkanes of at least 4 members (excludes halogenated alkanes) is 1. The summed E-state index contributed by atoms with van der Waals surface area (Å²) < 4.78 is 15.7. The van der Waals surface area contributed by atoms with Gasteiger partial charge in [-0.05, 0) is 63.1 Å². The van der Waals surface area contributed by atoms with E-state index in [0.717, 1.165) is 24.2 Å². The highest BCUT2D eigenvalue weighted by Crippen LogP contribution is 2.17. The van der Waals surface area contributed by atoms with Gasteiger partial charge in [0.25, 0.3) is 0 Å². The summed E-state index contributed by atoms with van der Waals surface area (Å²) >= 11 is 0. The summed E-state index contributed by atoms with van der Waals surface area (Å²) in [6, 6.07) is 12.9. The van der Waals surface area contributed by atoms with Crippen LogP contribution in [0.3, 0.4) is 0 Å². The second-order valence-corrected chi connectivity index (χ2v) is 8.81. The van der Waals surface area contributed by atoms with E-state index in [0.29, 0.717) is 17.9 Å². The maximum atomic E-state index is 13.1. The average Bonchev–Trinajstić information content (AvgIpc) is 2.78. The lowest BCUT2D eigenvalue weighted by Gasteiger charge is -2.23. The Bertz CT molecular complexity index is 966. The maximum absolute atomic E-state index is 13.1. The second kappa shape index (κ2) is 12.6. The third-order valence-electron chi connectivity index (χ3n) is 4.69. The van der Waals surface area contributed by atoms with Crippen LogP contribution in [0.25, 0.3) is 0 Å². The van der Waals surface area contributed by atoms with Crippen molar-refractivity contribution in [3.05, 3.63) is 59.7 Å². The largest absolute Gasteiger partial charge is 0.494 e. The van der Waals surface area contributed by atoms with Gasteiger partial charge in [0.15, 0.2) is 0 Å². The Labute approximate surface area is 201 Å². The van der Waals surface area contributed by atoms with Gasteiger partial charge in [-0.25, -0.2) is 9.59 Å². The van der Waals surface area contributed by atoms with Gasteiger partial charge in [-0.2, -0.15) is 0 Å². The number of hydrogen-bond acceptors (Lipinski definition) is 6. The molecule has 2 aromatic carbocycles. The van der Waals surface area contributed by atoms with Gasteiger partial charge in [0, 0.05) is 12.1 Å². The summed E-state index contributed by atoms with van der Waals surface area (Å²) in [6.45, 7) is 7.98. The minimum absolute atomic E-state index is 0.233. The standard InChI is InChI=1S/C26H34N2O6/c1-6-7-15-33-21-13-11-18(12-14-21)16-22(28-25(31)34-26(2,3)4)23(29)27-20-10-8-9-19(17-20)24(30)32-5/h8-14,17,22H,6-7,15-16H2,1-5H3,(H,27,29)(H,28,31)/t22-/m0/s1. The van der Waals surface area contributed by atoms with Crippen LogP contribution in [0.2, 0.25) is 0 Å². The molecule has 2 rings (SSSR count). The Morgan fingerprint density at radius 1 is 1.03 bits per heavy atom. The van der Waals surface area contributed by atoms with E-state index in [-0.39, 0.29) is 6.42 Å². The Morgan fingerprint density at radius 2 is 1.74 bits per heavy atom. The zero-order valence-electron chi connectivity index (χ0n) is 20.5. The normalized spacial score (nSPS) is 11.8. The summed E-state index contributed by atoms with van der Waals surface area (Å²) in [4.78, 5) is 37.3. The number of carbonyl (C=O) groups excluding carboxylic acids is 3. The van der Waals surface area contributed by atoms with E-state index < -0.39 is 29.6 Å². The lowest BCUT2D eigenvalue weighted by Crippen LogP contribution is -2.47. The molecule has 0 saturated carbocycles. The Morgan fingerprint density at radius 3 is 2.35 bits per heavy atom. The molecule has 1 atom stereocenters. The van der Waals surface area contributed by atoms with Gasteiger partial charge in [-0.1, -0.05) is 31.5 Å². The first-order valence-electron chi connectivity index (χ1n) is 11.3. The number of nitrogens with one attached hydrogen (secondary N) is 2. The van der Waals surface area contributed by atoms with Crippen LogP contribution in [-0.2, 0) is 20.7 Å². The van der Waals surface area contributed by atoms with Crippen molar-refractivity contribution in [3.63, 3.8) is 0 Å². The number of rotatable bonds is 10. The number of hydrogen-bond donors (Lipinski definition) is 2. The van der Waals surface area contributed by atoms with Crippen LogP contribution in [-0.4, -0.2) is 43.3 Å². The molecule has 184 valence electrons. The van der Waals surface area contributed by atoms with E-state index in [1.807, 2.05) is 24.3 Å². The summed E-state index contributed by atoms with van der Waals surface area (Å²) in [5.74, 6) is -0.213. The SMILES string of the molecule is CCCCOc1ccc(C[C@H](NC(=O)OC(C)(C)C)C(=O)Nc2cccc(C(=O)OC)c2)cc1. The molecular formula is C26H34N2O6. The predicted molar refractivity (Wildman–Crippen MR) is 130 cm³/mol. The number of carbonyl (C=O) groups is 3. The lowest BCUT2D eigenvalue weighted by molar-refractivity contribution is -0.118. The first-order valence-corrected chi connectivity index (χ1v) is 11.3. The Balaban J connectivity index is 2.16. The van der Waals surface area contributed by atoms with Gasteiger partial charge in [-0.15, -0.1) is 0 Å².